The number of hydrogen-bond acceptors (Lipinski definition) is 3. The van der Waals surface area contributed by atoms with Crippen LogP contribution in [-0.4, -0.2) is 42.6 Å². The standard InChI is InChI=1S/C16H20BrF3N2O2/c1-15(2,3)24-14(23)22-8-6-21(7-9-22)11-4-5-12(13(17)10-11)16(18,19)20/h4-5,10H,6-9H2,1-3H3/i6D2,7D2,8D2,9D2. The number of amides is 1. The molecule has 24 heavy (non-hydrogen) atoms. The summed E-state index contributed by atoms with van der Waals surface area (Å²) in [5.74, 6) is 0. The Bertz CT molecular complexity index is 894. The summed E-state index contributed by atoms with van der Waals surface area (Å²) in [7, 11) is 0. The Kier molecular flexibility index (Phi) is 2.99. The van der Waals surface area contributed by atoms with Gasteiger partial charge in [0, 0.05) is 36.1 Å². The van der Waals surface area contributed by atoms with Gasteiger partial charge in [-0.1, -0.05) is 15.9 Å². The van der Waals surface area contributed by atoms with E-state index in [1.54, 1.807) is 0 Å². The number of benzene rings is 1. The predicted molar refractivity (Wildman–Crippen MR) is 89.2 cm³/mol. The van der Waals surface area contributed by atoms with Gasteiger partial charge in [-0.2, -0.15) is 13.2 Å². The molecule has 134 valence electrons. The number of anilines is 1. The molecule has 1 amide bonds. The first-order valence-corrected chi connectivity index (χ1v) is 7.49. The minimum atomic E-state index is -4.78. The molecule has 0 saturated carbocycles. The van der Waals surface area contributed by atoms with Crippen LogP contribution in [0, 0.1) is 0 Å². The number of rotatable bonds is 1. The minimum absolute atomic E-state index is 0.0474. The normalized spacial score (nSPS) is 29.6. The van der Waals surface area contributed by atoms with Crippen LogP contribution in [0.4, 0.5) is 23.7 Å². The van der Waals surface area contributed by atoms with Crippen LogP contribution in [0.1, 0.15) is 37.3 Å². The lowest BCUT2D eigenvalue weighted by Gasteiger charge is -2.37. The molecule has 0 aromatic heterocycles. The molecule has 1 aromatic rings. The van der Waals surface area contributed by atoms with E-state index in [4.69, 9.17) is 15.7 Å². The Hall–Kier alpha value is -1.44. The fourth-order valence-corrected chi connectivity index (χ4v) is 2.25. The molecule has 1 saturated heterocycles. The number of piperazine rings is 1. The highest BCUT2D eigenvalue weighted by Crippen LogP contribution is 2.36. The van der Waals surface area contributed by atoms with Gasteiger partial charge in [-0.05, 0) is 39.0 Å². The van der Waals surface area contributed by atoms with E-state index in [1.807, 2.05) is 0 Å². The highest BCUT2D eigenvalue weighted by Gasteiger charge is 2.33. The predicted octanol–water partition coefficient (Wildman–Crippen LogP) is 4.53. The average Bonchev–Trinajstić information content (AvgIpc) is 2.49. The molecule has 1 aliphatic rings. The van der Waals surface area contributed by atoms with Gasteiger partial charge in [0.05, 0.1) is 16.5 Å². The first-order chi connectivity index (χ1) is 14.0. The van der Waals surface area contributed by atoms with E-state index in [0.29, 0.717) is 18.2 Å². The Morgan fingerprint density at radius 2 is 1.79 bits per heavy atom. The zero-order chi connectivity index (χ0) is 25.3. The van der Waals surface area contributed by atoms with Gasteiger partial charge in [0.15, 0.2) is 0 Å². The van der Waals surface area contributed by atoms with E-state index >= 15 is 0 Å². The molecule has 0 radical (unpaired) electrons. The summed E-state index contributed by atoms with van der Waals surface area (Å²) in [4.78, 5) is 12.4. The van der Waals surface area contributed by atoms with Gasteiger partial charge in [-0.15, -0.1) is 0 Å². The Balaban J connectivity index is 2.72. The van der Waals surface area contributed by atoms with Crippen molar-refractivity contribution in [2.45, 2.75) is 32.5 Å². The lowest BCUT2D eigenvalue weighted by atomic mass is 10.1. The van der Waals surface area contributed by atoms with Gasteiger partial charge < -0.3 is 14.5 Å². The zero-order valence-electron chi connectivity index (χ0n) is 21.0. The fraction of sp³-hybridized carbons (Fsp3) is 0.562. The van der Waals surface area contributed by atoms with Crippen molar-refractivity contribution in [2.24, 2.45) is 0 Å². The second-order valence-electron chi connectivity index (χ2n) is 5.76. The molecule has 0 bridgehead atoms. The monoisotopic (exact) mass is 416 g/mol. The van der Waals surface area contributed by atoms with E-state index in [0.717, 1.165) is 0 Å². The Morgan fingerprint density at radius 1 is 1.21 bits per heavy atom. The Labute approximate surface area is 158 Å². The highest BCUT2D eigenvalue weighted by molar-refractivity contribution is 9.10. The molecule has 0 aliphatic carbocycles. The number of carbonyl (C=O) groups excluding carboxylic acids is 1. The maximum Gasteiger partial charge on any atom is 0.417 e. The third-order valence-corrected chi connectivity index (χ3v) is 3.30. The van der Waals surface area contributed by atoms with Gasteiger partial charge in [0.2, 0.25) is 0 Å². The molecular formula is C16H20BrF3N2O2. The van der Waals surface area contributed by atoms with Crippen LogP contribution in [0.5, 0.6) is 0 Å². The molecule has 0 unspecified atom stereocenters. The van der Waals surface area contributed by atoms with Crippen LogP contribution in [0.15, 0.2) is 22.7 Å². The van der Waals surface area contributed by atoms with E-state index in [-0.39, 0.29) is 9.80 Å². The summed E-state index contributed by atoms with van der Waals surface area (Å²) in [6.45, 7) is -9.73. The third-order valence-electron chi connectivity index (χ3n) is 2.64. The second kappa shape index (κ2) is 6.82. The third kappa shape index (κ3) is 4.78. The lowest BCUT2D eigenvalue weighted by Crippen LogP contribution is -2.50. The molecule has 0 spiro atoms. The number of alkyl halides is 3. The van der Waals surface area contributed by atoms with Gasteiger partial charge in [0.25, 0.3) is 0 Å². The number of hydrogen-bond donors (Lipinski definition) is 0. The number of halogens is 4. The first-order valence-electron chi connectivity index (χ1n) is 10.7. The molecule has 2 rings (SSSR count). The van der Waals surface area contributed by atoms with Gasteiger partial charge in [0.1, 0.15) is 5.60 Å². The summed E-state index contributed by atoms with van der Waals surface area (Å²) in [6, 6.07) is 1.92. The van der Waals surface area contributed by atoms with Gasteiger partial charge >= 0.3 is 12.3 Å². The van der Waals surface area contributed by atoms with Crippen LogP contribution in [0.25, 0.3) is 0 Å². The van der Waals surface area contributed by atoms with Crippen LogP contribution in [0.3, 0.4) is 0 Å². The molecule has 8 heteroatoms. The van der Waals surface area contributed by atoms with E-state index in [9.17, 15) is 18.0 Å². The number of carbonyl (C=O) groups is 1. The van der Waals surface area contributed by atoms with Crippen molar-refractivity contribution < 1.29 is 33.7 Å². The molecule has 0 N–H and O–H groups in total. The van der Waals surface area contributed by atoms with E-state index in [2.05, 4.69) is 15.9 Å². The van der Waals surface area contributed by atoms with Crippen molar-refractivity contribution >= 4 is 27.7 Å². The van der Waals surface area contributed by atoms with Crippen LogP contribution < -0.4 is 4.90 Å². The van der Waals surface area contributed by atoms with E-state index in [1.165, 1.54) is 20.8 Å². The van der Waals surface area contributed by atoms with Crippen molar-refractivity contribution in [3.63, 3.8) is 0 Å². The quantitative estimate of drug-likeness (QED) is 0.674. The van der Waals surface area contributed by atoms with Crippen molar-refractivity contribution in [2.75, 3.05) is 30.9 Å². The number of ether oxygens (including phenoxy) is 1. The first kappa shape index (κ1) is 10.5. The minimum Gasteiger partial charge on any atom is -0.444 e. The second-order valence-corrected chi connectivity index (χ2v) is 6.61. The van der Waals surface area contributed by atoms with Crippen molar-refractivity contribution in [1.82, 2.24) is 4.90 Å². The largest absolute Gasteiger partial charge is 0.444 e. The molecule has 4 nitrogen and oxygen atoms in total. The summed E-state index contributed by atoms with van der Waals surface area (Å²) in [6.07, 6.45) is -6.43. The lowest BCUT2D eigenvalue weighted by molar-refractivity contribution is -0.138. The zero-order valence-corrected chi connectivity index (χ0v) is 14.5. The van der Waals surface area contributed by atoms with Crippen LogP contribution in [0.2, 0.25) is 0 Å². The van der Waals surface area contributed by atoms with E-state index < -0.39 is 59.6 Å². The van der Waals surface area contributed by atoms with Crippen LogP contribution in [-0.2, 0) is 10.9 Å². The Morgan fingerprint density at radius 3 is 2.25 bits per heavy atom. The van der Waals surface area contributed by atoms with Gasteiger partial charge in [-0.25, -0.2) is 4.79 Å². The molecule has 1 aliphatic heterocycles. The van der Waals surface area contributed by atoms with Crippen molar-refractivity contribution in [1.29, 1.82) is 0 Å². The molecule has 1 aromatic carbocycles. The van der Waals surface area contributed by atoms with Crippen molar-refractivity contribution in [3.05, 3.63) is 28.2 Å². The highest BCUT2D eigenvalue weighted by atomic mass is 79.9. The summed E-state index contributed by atoms with van der Waals surface area (Å²) >= 11 is 2.69. The fourth-order valence-electron chi connectivity index (χ4n) is 1.66. The topological polar surface area (TPSA) is 32.8 Å². The molecule has 0 atom stereocenters. The summed E-state index contributed by atoms with van der Waals surface area (Å²) in [5.41, 5.74) is -2.98. The smallest absolute Gasteiger partial charge is 0.417 e. The molecule has 1 fully saturated rings. The average molecular weight is 417 g/mol. The van der Waals surface area contributed by atoms with Crippen LogP contribution >= 0.6 is 15.9 Å². The summed E-state index contributed by atoms with van der Waals surface area (Å²) in [5, 5.41) is 0. The molecule has 1 heterocycles. The number of nitrogens with zero attached hydrogens (tertiary/aromatic N) is 2. The van der Waals surface area contributed by atoms with Gasteiger partial charge in [-0.3, -0.25) is 0 Å². The van der Waals surface area contributed by atoms with Crippen molar-refractivity contribution in [3.8, 4) is 0 Å². The SMILES string of the molecule is [2H]C1([2H])N(C(=O)OC(C)(C)C)C([2H])([2H])C([2H])([2H])N(c2ccc(C(F)(F)F)c(Br)c2)C1([2H])[2H]. The maximum atomic E-state index is 13.1. The molecular weight excluding hydrogens is 389 g/mol. The maximum absolute atomic E-state index is 13.1. The summed E-state index contributed by atoms with van der Waals surface area (Å²) < 4.78 is 110.